The lowest BCUT2D eigenvalue weighted by atomic mass is 10.2. The molecule has 0 amide bonds. The molecular weight excluding hydrogens is 267 g/mol. The van der Waals surface area contributed by atoms with Crippen molar-refractivity contribution in [2.45, 2.75) is 31.5 Å². The number of hydrogen-bond acceptors (Lipinski definition) is 3. The van der Waals surface area contributed by atoms with Gasteiger partial charge in [-0.15, -0.1) is 0 Å². The first-order chi connectivity index (χ1) is 9.02. The van der Waals surface area contributed by atoms with Gasteiger partial charge in [-0.3, -0.25) is 4.79 Å². The van der Waals surface area contributed by atoms with Crippen LogP contribution in [0.3, 0.4) is 0 Å². The van der Waals surface area contributed by atoms with Crippen LogP contribution in [0.1, 0.15) is 26.3 Å². The van der Waals surface area contributed by atoms with E-state index in [0.717, 1.165) is 18.2 Å². The van der Waals surface area contributed by atoms with E-state index in [-0.39, 0.29) is 17.6 Å². The zero-order chi connectivity index (χ0) is 14.0. The van der Waals surface area contributed by atoms with Crippen molar-refractivity contribution in [2.24, 2.45) is 0 Å². The van der Waals surface area contributed by atoms with E-state index in [0.29, 0.717) is 16.2 Å². The summed E-state index contributed by atoms with van der Waals surface area (Å²) in [6, 6.07) is 4.57. The lowest BCUT2D eigenvalue weighted by Gasteiger charge is -2.15. The van der Waals surface area contributed by atoms with E-state index in [1.165, 1.54) is 12.1 Å². The highest BCUT2D eigenvalue weighted by atomic mass is 32.2. The number of halogens is 1. The molecule has 0 fully saturated rings. The summed E-state index contributed by atoms with van der Waals surface area (Å²) in [5.74, 6) is -1.26. The first-order valence-corrected chi connectivity index (χ1v) is 7.03. The van der Waals surface area contributed by atoms with Crippen LogP contribution in [0.2, 0.25) is 0 Å². The third kappa shape index (κ3) is 2.89. The van der Waals surface area contributed by atoms with Crippen molar-refractivity contribution < 1.29 is 14.3 Å². The third-order valence-corrected chi connectivity index (χ3v) is 3.91. The van der Waals surface area contributed by atoms with Gasteiger partial charge in [0.15, 0.2) is 5.16 Å². The van der Waals surface area contributed by atoms with Gasteiger partial charge in [-0.05, 0) is 31.5 Å². The Hall–Kier alpha value is -1.56. The van der Waals surface area contributed by atoms with Crippen LogP contribution in [0.4, 0.5) is 4.39 Å². The smallest absolute Gasteiger partial charge is 0.313 e. The molecular formula is C13H15FN2O2S. The highest BCUT2D eigenvalue weighted by Gasteiger charge is 2.16. The number of carboxylic acid groups (broad SMARTS) is 1. The maximum atomic E-state index is 13.4. The number of nitrogens with zero attached hydrogens (tertiary/aromatic N) is 2. The van der Waals surface area contributed by atoms with E-state index in [2.05, 4.69) is 4.98 Å². The topological polar surface area (TPSA) is 55.1 Å². The van der Waals surface area contributed by atoms with E-state index >= 15 is 0 Å². The molecule has 0 aliphatic rings. The maximum absolute atomic E-state index is 13.4. The zero-order valence-electron chi connectivity index (χ0n) is 10.8. The Morgan fingerprint density at radius 1 is 1.58 bits per heavy atom. The Morgan fingerprint density at radius 3 is 2.95 bits per heavy atom. The van der Waals surface area contributed by atoms with Crippen molar-refractivity contribution in [2.75, 3.05) is 5.75 Å². The summed E-state index contributed by atoms with van der Waals surface area (Å²) in [7, 11) is 0. The molecule has 0 aliphatic heterocycles. The molecule has 2 aromatic rings. The number of aromatic nitrogens is 2. The molecule has 0 radical (unpaired) electrons. The normalized spacial score (nSPS) is 12.8. The summed E-state index contributed by atoms with van der Waals surface area (Å²) >= 11 is 1.16. The first-order valence-electron chi connectivity index (χ1n) is 6.05. The minimum Gasteiger partial charge on any atom is -0.481 e. The molecule has 0 saturated heterocycles. The van der Waals surface area contributed by atoms with Crippen LogP contribution in [-0.4, -0.2) is 26.4 Å². The molecule has 1 heterocycles. The van der Waals surface area contributed by atoms with Crippen LogP contribution >= 0.6 is 11.8 Å². The second-order valence-electron chi connectivity index (χ2n) is 4.34. The number of carboxylic acids is 1. The predicted molar refractivity (Wildman–Crippen MR) is 73.1 cm³/mol. The standard InChI is InChI=1S/C13H15FN2O2S/c1-3-8(2)16-11-6-9(14)4-5-10(11)15-13(16)19-7-12(17)18/h4-6,8H,3,7H2,1-2H3,(H,17,18). The lowest BCUT2D eigenvalue weighted by Crippen LogP contribution is -2.07. The number of thioether (sulfide) groups is 1. The molecule has 19 heavy (non-hydrogen) atoms. The van der Waals surface area contributed by atoms with Gasteiger partial charge in [0.05, 0.1) is 16.8 Å². The zero-order valence-corrected chi connectivity index (χ0v) is 11.6. The van der Waals surface area contributed by atoms with Crippen LogP contribution in [0.15, 0.2) is 23.4 Å². The molecule has 1 unspecified atom stereocenters. The molecule has 0 spiro atoms. The molecule has 1 atom stereocenters. The van der Waals surface area contributed by atoms with Gasteiger partial charge in [-0.1, -0.05) is 18.7 Å². The summed E-state index contributed by atoms with van der Waals surface area (Å²) in [5, 5.41) is 9.39. The highest BCUT2D eigenvalue weighted by molar-refractivity contribution is 7.99. The van der Waals surface area contributed by atoms with Crippen molar-refractivity contribution in [3.05, 3.63) is 24.0 Å². The Labute approximate surface area is 114 Å². The van der Waals surface area contributed by atoms with Crippen molar-refractivity contribution in [1.82, 2.24) is 9.55 Å². The van der Waals surface area contributed by atoms with Gasteiger partial charge in [0, 0.05) is 6.04 Å². The fourth-order valence-electron chi connectivity index (χ4n) is 1.88. The Balaban J connectivity index is 2.51. The number of hydrogen-bond donors (Lipinski definition) is 1. The fraction of sp³-hybridized carbons (Fsp3) is 0.385. The Morgan fingerprint density at radius 2 is 2.32 bits per heavy atom. The fourth-order valence-corrected chi connectivity index (χ4v) is 2.71. The summed E-state index contributed by atoms with van der Waals surface area (Å²) in [6.45, 7) is 4.04. The minimum absolute atomic E-state index is 0.0533. The van der Waals surface area contributed by atoms with Gasteiger partial charge in [-0.2, -0.15) is 0 Å². The molecule has 102 valence electrons. The molecule has 4 nitrogen and oxygen atoms in total. The van der Waals surface area contributed by atoms with Gasteiger partial charge in [0.25, 0.3) is 0 Å². The quantitative estimate of drug-likeness (QED) is 0.855. The van der Waals surface area contributed by atoms with E-state index in [4.69, 9.17) is 5.11 Å². The Bertz CT molecular complexity index is 612. The van der Waals surface area contributed by atoms with Crippen molar-refractivity contribution >= 4 is 28.8 Å². The molecule has 0 saturated carbocycles. The van der Waals surface area contributed by atoms with Gasteiger partial charge >= 0.3 is 5.97 Å². The first kappa shape index (κ1) is 13.9. The maximum Gasteiger partial charge on any atom is 0.313 e. The third-order valence-electron chi connectivity index (χ3n) is 2.98. The molecule has 1 N–H and O–H groups in total. The molecule has 0 bridgehead atoms. The van der Waals surface area contributed by atoms with Gasteiger partial charge < -0.3 is 9.67 Å². The van der Waals surface area contributed by atoms with Gasteiger partial charge in [0.1, 0.15) is 5.82 Å². The molecule has 6 heteroatoms. The number of carbonyl (C=O) groups is 1. The van der Waals surface area contributed by atoms with Crippen molar-refractivity contribution in [1.29, 1.82) is 0 Å². The molecule has 2 rings (SSSR count). The SMILES string of the molecule is CCC(C)n1c(SCC(=O)O)nc2ccc(F)cc21. The summed E-state index contributed by atoms with van der Waals surface area (Å²) in [6.07, 6.45) is 0.864. The number of rotatable bonds is 5. The average Bonchev–Trinajstić information content (AvgIpc) is 2.73. The van der Waals surface area contributed by atoms with Crippen LogP contribution in [-0.2, 0) is 4.79 Å². The largest absolute Gasteiger partial charge is 0.481 e. The monoisotopic (exact) mass is 282 g/mol. The summed E-state index contributed by atoms with van der Waals surface area (Å²) < 4.78 is 15.3. The second kappa shape index (κ2) is 5.61. The highest BCUT2D eigenvalue weighted by Crippen LogP contribution is 2.29. The summed E-state index contributed by atoms with van der Waals surface area (Å²) in [4.78, 5) is 15.1. The van der Waals surface area contributed by atoms with Crippen LogP contribution < -0.4 is 0 Å². The summed E-state index contributed by atoms with van der Waals surface area (Å²) in [5.41, 5.74) is 1.40. The van der Waals surface area contributed by atoms with Crippen LogP contribution in [0.25, 0.3) is 11.0 Å². The molecule has 0 aliphatic carbocycles. The average molecular weight is 282 g/mol. The minimum atomic E-state index is -0.890. The van der Waals surface area contributed by atoms with Crippen LogP contribution in [0, 0.1) is 5.82 Å². The van der Waals surface area contributed by atoms with E-state index in [9.17, 15) is 9.18 Å². The van der Waals surface area contributed by atoms with Crippen molar-refractivity contribution in [3.63, 3.8) is 0 Å². The molecule has 1 aromatic carbocycles. The number of aliphatic carboxylic acids is 1. The van der Waals surface area contributed by atoms with E-state index in [1.54, 1.807) is 6.07 Å². The number of benzene rings is 1. The van der Waals surface area contributed by atoms with Gasteiger partial charge in [-0.25, -0.2) is 9.37 Å². The Kier molecular flexibility index (Phi) is 4.09. The van der Waals surface area contributed by atoms with E-state index < -0.39 is 5.97 Å². The predicted octanol–water partition coefficient (Wildman–Crippen LogP) is 3.32. The number of fused-ring (bicyclic) bond motifs is 1. The second-order valence-corrected chi connectivity index (χ2v) is 5.28. The van der Waals surface area contributed by atoms with Crippen LogP contribution in [0.5, 0.6) is 0 Å². The molecule has 1 aromatic heterocycles. The lowest BCUT2D eigenvalue weighted by molar-refractivity contribution is -0.133. The van der Waals surface area contributed by atoms with Crippen molar-refractivity contribution in [3.8, 4) is 0 Å². The van der Waals surface area contributed by atoms with Gasteiger partial charge in [0.2, 0.25) is 0 Å². The van der Waals surface area contributed by atoms with E-state index in [1.807, 2.05) is 18.4 Å². The number of imidazole rings is 1.